The van der Waals surface area contributed by atoms with Crippen LogP contribution in [0.3, 0.4) is 0 Å². The Morgan fingerprint density at radius 2 is 2.23 bits per heavy atom. The summed E-state index contributed by atoms with van der Waals surface area (Å²) < 4.78 is 24.1. The number of unbranched alkanes of at least 4 members (excludes halogenated alkanes) is 1. The maximum atomic E-state index is 13.7. The Kier molecular flexibility index (Phi) is 8.01. The molecular weight excluding hydrogens is 357 g/mol. The van der Waals surface area contributed by atoms with Gasteiger partial charge in [0.15, 0.2) is 0 Å². The highest BCUT2D eigenvalue weighted by molar-refractivity contribution is 7.13. The smallest absolute Gasteiger partial charge is 0.311 e. The van der Waals surface area contributed by atoms with Crippen LogP contribution < -0.4 is 10.2 Å². The van der Waals surface area contributed by atoms with Gasteiger partial charge in [-0.05, 0) is 25.5 Å². The van der Waals surface area contributed by atoms with E-state index in [0.29, 0.717) is 35.4 Å². The molecule has 2 rings (SSSR count). The van der Waals surface area contributed by atoms with Crippen molar-refractivity contribution in [3.63, 3.8) is 0 Å². The average molecular weight is 379 g/mol. The van der Waals surface area contributed by atoms with Gasteiger partial charge in [0.1, 0.15) is 11.6 Å². The van der Waals surface area contributed by atoms with Gasteiger partial charge >= 0.3 is 5.97 Å². The molecule has 1 aromatic heterocycles. The summed E-state index contributed by atoms with van der Waals surface area (Å²) in [6, 6.07) is 4.44. The first-order valence-electron chi connectivity index (χ1n) is 8.43. The highest BCUT2D eigenvalue weighted by Crippen LogP contribution is 2.18. The summed E-state index contributed by atoms with van der Waals surface area (Å²) >= 11 is 1.32. The lowest BCUT2D eigenvalue weighted by molar-refractivity contribution is -0.142. The van der Waals surface area contributed by atoms with Crippen LogP contribution in [0.1, 0.15) is 37.9 Å². The number of thiazole rings is 1. The Bertz CT molecular complexity index is 749. The largest absolute Gasteiger partial charge is 0.493 e. The number of ether oxygens (including phenoxy) is 2. The van der Waals surface area contributed by atoms with E-state index in [1.165, 1.54) is 29.7 Å². The number of aromatic nitrogens is 1. The third-order valence-corrected chi connectivity index (χ3v) is 4.01. The zero-order valence-electron chi connectivity index (χ0n) is 14.8. The normalized spacial score (nSPS) is 10.9. The molecule has 0 aliphatic heterocycles. The Morgan fingerprint density at radius 3 is 3.00 bits per heavy atom. The second kappa shape index (κ2) is 10.5. The lowest BCUT2D eigenvalue weighted by Crippen LogP contribution is -2.07. The molecule has 0 amide bonds. The number of hydrogen-bond acceptors (Lipinski definition) is 7. The van der Waals surface area contributed by atoms with E-state index in [2.05, 4.69) is 22.4 Å². The molecular formula is C18H22FN3O3S. The van der Waals surface area contributed by atoms with E-state index in [-0.39, 0.29) is 18.2 Å². The summed E-state index contributed by atoms with van der Waals surface area (Å²) in [6.07, 6.45) is 3.54. The Morgan fingerprint density at radius 1 is 1.38 bits per heavy atom. The Balaban J connectivity index is 1.91. The third kappa shape index (κ3) is 6.79. The molecule has 0 saturated heterocycles. The number of esters is 1. The van der Waals surface area contributed by atoms with Gasteiger partial charge in [-0.2, -0.15) is 5.10 Å². The summed E-state index contributed by atoms with van der Waals surface area (Å²) in [7, 11) is 0. The number of hydrogen-bond donors (Lipinski definition) is 1. The van der Waals surface area contributed by atoms with Crippen molar-refractivity contribution in [3.05, 3.63) is 40.7 Å². The molecule has 0 atom stereocenters. The first kappa shape index (κ1) is 19.8. The molecule has 2 aromatic rings. The molecule has 0 aliphatic rings. The predicted molar refractivity (Wildman–Crippen MR) is 100 cm³/mol. The number of hydrazone groups is 1. The molecule has 26 heavy (non-hydrogen) atoms. The summed E-state index contributed by atoms with van der Waals surface area (Å²) in [5, 5.41) is 6.35. The molecule has 0 saturated carbocycles. The number of carbonyl (C=O) groups is 1. The van der Waals surface area contributed by atoms with Crippen LogP contribution in [0, 0.1) is 5.82 Å². The number of benzene rings is 1. The minimum Gasteiger partial charge on any atom is -0.493 e. The van der Waals surface area contributed by atoms with Crippen LogP contribution >= 0.6 is 11.3 Å². The van der Waals surface area contributed by atoms with Gasteiger partial charge in [-0.25, -0.2) is 9.37 Å². The molecule has 0 fully saturated rings. The molecule has 0 spiro atoms. The predicted octanol–water partition coefficient (Wildman–Crippen LogP) is 4.01. The maximum absolute atomic E-state index is 13.7. The lowest BCUT2D eigenvalue weighted by atomic mass is 10.2. The minimum absolute atomic E-state index is 0.123. The van der Waals surface area contributed by atoms with Crippen LogP contribution in [0.5, 0.6) is 5.75 Å². The molecule has 6 nitrogen and oxygen atoms in total. The Labute approximate surface area is 156 Å². The summed E-state index contributed by atoms with van der Waals surface area (Å²) in [6.45, 7) is 4.72. The molecule has 140 valence electrons. The van der Waals surface area contributed by atoms with Gasteiger partial charge in [0.25, 0.3) is 0 Å². The fourth-order valence-corrected chi connectivity index (χ4v) is 2.70. The van der Waals surface area contributed by atoms with Crippen LogP contribution in [0.2, 0.25) is 0 Å². The van der Waals surface area contributed by atoms with Crippen LogP contribution in [0.25, 0.3) is 0 Å². The highest BCUT2D eigenvalue weighted by atomic mass is 32.1. The van der Waals surface area contributed by atoms with Crippen molar-refractivity contribution in [1.29, 1.82) is 0 Å². The van der Waals surface area contributed by atoms with Crippen molar-refractivity contribution in [2.45, 2.75) is 33.1 Å². The average Bonchev–Trinajstić information content (AvgIpc) is 3.02. The van der Waals surface area contributed by atoms with Gasteiger partial charge in [0.2, 0.25) is 5.13 Å². The van der Waals surface area contributed by atoms with Crippen molar-refractivity contribution in [1.82, 2.24) is 4.98 Å². The van der Waals surface area contributed by atoms with E-state index in [4.69, 9.17) is 9.47 Å². The first-order valence-corrected chi connectivity index (χ1v) is 9.31. The quantitative estimate of drug-likeness (QED) is 0.292. The Hall–Kier alpha value is -2.48. The van der Waals surface area contributed by atoms with Crippen molar-refractivity contribution < 1.29 is 18.7 Å². The standard InChI is InChI=1S/C18H22FN3O3S/c1-3-5-6-25-16-8-13(7-14(19)9-16)11-20-22-18-21-15(12-26-18)10-17(23)24-4-2/h7-9,11-12H,3-6,10H2,1-2H3,(H,21,22). The molecule has 0 radical (unpaired) electrons. The third-order valence-electron chi connectivity index (χ3n) is 3.22. The van der Waals surface area contributed by atoms with Crippen molar-refractivity contribution in [2.24, 2.45) is 5.10 Å². The van der Waals surface area contributed by atoms with Gasteiger partial charge in [-0.1, -0.05) is 13.3 Å². The van der Waals surface area contributed by atoms with Crippen molar-refractivity contribution >= 4 is 28.7 Å². The van der Waals surface area contributed by atoms with E-state index in [0.717, 1.165) is 12.8 Å². The maximum Gasteiger partial charge on any atom is 0.311 e. The molecule has 1 aromatic carbocycles. The van der Waals surface area contributed by atoms with E-state index >= 15 is 0 Å². The molecule has 1 N–H and O–H groups in total. The van der Waals surface area contributed by atoms with E-state index in [1.807, 2.05) is 0 Å². The van der Waals surface area contributed by atoms with E-state index < -0.39 is 0 Å². The van der Waals surface area contributed by atoms with Crippen LogP contribution in [0.4, 0.5) is 9.52 Å². The van der Waals surface area contributed by atoms with E-state index in [1.54, 1.807) is 18.4 Å². The molecule has 1 heterocycles. The van der Waals surface area contributed by atoms with Crippen LogP contribution in [-0.2, 0) is 16.0 Å². The monoisotopic (exact) mass is 379 g/mol. The number of carbonyl (C=O) groups excluding carboxylic acids is 1. The molecule has 0 unspecified atom stereocenters. The number of halogens is 1. The lowest BCUT2D eigenvalue weighted by Gasteiger charge is -2.06. The first-order chi connectivity index (χ1) is 12.6. The minimum atomic E-state index is -0.383. The summed E-state index contributed by atoms with van der Waals surface area (Å²) in [5.41, 5.74) is 3.96. The fourth-order valence-electron chi connectivity index (χ4n) is 2.04. The zero-order chi connectivity index (χ0) is 18.8. The van der Waals surface area contributed by atoms with Crippen LogP contribution in [0.15, 0.2) is 28.7 Å². The van der Waals surface area contributed by atoms with Crippen molar-refractivity contribution in [3.8, 4) is 5.75 Å². The van der Waals surface area contributed by atoms with Gasteiger partial charge in [-0.15, -0.1) is 11.3 Å². The summed E-state index contributed by atoms with van der Waals surface area (Å²) in [4.78, 5) is 15.7. The van der Waals surface area contributed by atoms with Gasteiger partial charge < -0.3 is 9.47 Å². The fraction of sp³-hybridized carbons (Fsp3) is 0.389. The van der Waals surface area contributed by atoms with Gasteiger partial charge in [0, 0.05) is 17.0 Å². The van der Waals surface area contributed by atoms with Gasteiger partial charge in [-0.3, -0.25) is 10.2 Å². The number of anilines is 1. The number of rotatable bonds is 10. The highest BCUT2D eigenvalue weighted by Gasteiger charge is 2.08. The van der Waals surface area contributed by atoms with Crippen molar-refractivity contribution in [2.75, 3.05) is 18.6 Å². The SMILES string of the molecule is CCCCOc1cc(F)cc(C=NNc2nc(CC(=O)OCC)cs2)c1. The molecule has 8 heteroatoms. The van der Waals surface area contributed by atoms with Gasteiger partial charge in [0.05, 0.1) is 31.5 Å². The second-order valence-electron chi connectivity index (χ2n) is 5.42. The molecule has 0 bridgehead atoms. The number of nitrogens with one attached hydrogen (secondary N) is 1. The van der Waals surface area contributed by atoms with E-state index in [9.17, 15) is 9.18 Å². The number of nitrogens with zero attached hydrogens (tertiary/aromatic N) is 2. The van der Waals surface area contributed by atoms with Crippen LogP contribution in [-0.4, -0.2) is 30.4 Å². The molecule has 0 aliphatic carbocycles. The second-order valence-corrected chi connectivity index (χ2v) is 6.28. The summed E-state index contributed by atoms with van der Waals surface area (Å²) in [5.74, 6) is -0.222. The topological polar surface area (TPSA) is 72.8 Å². The zero-order valence-corrected chi connectivity index (χ0v) is 15.6.